The van der Waals surface area contributed by atoms with Gasteiger partial charge in [0.1, 0.15) is 18.9 Å². The number of imide groups is 1. The number of carbonyl (C=O) groups is 8. The molecule has 2 atom stereocenters. The van der Waals surface area contributed by atoms with Gasteiger partial charge in [-0.05, 0) is 67.8 Å². The Labute approximate surface area is 280 Å². The molecule has 0 bridgehead atoms. The monoisotopic (exact) mass is 676 g/mol. The largest absolute Gasteiger partial charge is 0.468 e. The van der Waals surface area contributed by atoms with Crippen LogP contribution in [-0.4, -0.2) is 85.4 Å². The van der Waals surface area contributed by atoms with Crippen molar-refractivity contribution in [2.45, 2.75) is 31.7 Å². The first-order valence-corrected chi connectivity index (χ1v) is 15.0. The van der Waals surface area contributed by atoms with Gasteiger partial charge in [0.15, 0.2) is 0 Å². The van der Waals surface area contributed by atoms with Crippen molar-refractivity contribution in [1.82, 2.24) is 15.5 Å². The van der Waals surface area contributed by atoms with Crippen LogP contribution in [0.1, 0.15) is 25.7 Å². The Bertz CT molecular complexity index is 1590. The fourth-order valence-corrected chi connectivity index (χ4v) is 4.32. The van der Waals surface area contributed by atoms with Gasteiger partial charge in [0.2, 0.25) is 23.6 Å². The van der Waals surface area contributed by atoms with E-state index in [0.717, 1.165) is 17.1 Å². The number of rotatable bonds is 18. The second-order valence-corrected chi connectivity index (χ2v) is 10.7. The van der Waals surface area contributed by atoms with E-state index in [1.54, 1.807) is 48.5 Å². The molecule has 0 aromatic heterocycles. The van der Waals surface area contributed by atoms with Gasteiger partial charge in [-0.3, -0.25) is 38.5 Å². The van der Waals surface area contributed by atoms with Gasteiger partial charge in [-0.2, -0.15) is 10.2 Å². The molecule has 0 spiro atoms. The molecule has 49 heavy (non-hydrogen) atoms. The number of esters is 1. The van der Waals surface area contributed by atoms with Crippen molar-refractivity contribution in [3.8, 4) is 0 Å². The minimum Gasteiger partial charge on any atom is -0.468 e. The number of aldehydes is 1. The summed E-state index contributed by atoms with van der Waals surface area (Å²) in [6.45, 7) is -1.07. The lowest BCUT2D eigenvalue weighted by atomic mass is 9.96. The molecule has 3 rings (SSSR count). The summed E-state index contributed by atoms with van der Waals surface area (Å²) in [6, 6.07) is 11.9. The summed E-state index contributed by atoms with van der Waals surface area (Å²) in [7, 11) is 1.20. The quantitative estimate of drug-likeness (QED) is 0.0649. The smallest absolute Gasteiger partial charge is 0.322 e. The summed E-state index contributed by atoms with van der Waals surface area (Å²) < 4.78 is 4.53. The molecule has 17 nitrogen and oxygen atoms in total. The zero-order valence-corrected chi connectivity index (χ0v) is 26.5. The normalized spacial score (nSPS) is 13.5. The summed E-state index contributed by atoms with van der Waals surface area (Å²) in [5, 5.41) is 18.3. The van der Waals surface area contributed by atoms with Gasteiger partial charge in [-0.1, -0.05) is 0 Å². The van der Waals surface area contributed by atoms with Crippen molar-refractivity contribution in [1.29, 1.82) is 0 Å². The van der Waals surface area contributed by atoms with Gasteiger partial charge >= 0.3 is 5.97 Å². The second-order valence-electron chi connectivity index (χ2n) is 10.7. The maximum atomic E-state index is 12.2. The standard InChI is InChI=1S/C32H36N8O9/c1-49-32(48)25(33)15-20(19-41)3-2-4-26(42)34-16-27(43)35-17-28(44)36-21-5-9-23(10-6-21)38-39-24-11-7-22(8-12-24)37-29(45)18-40-30(46)13-14-31(40)47/h5-14,19-20,25H,2-4,15-18,33H2,1H3,(H,34,42)(H,35,43)(H,36,44)(H,37,45)/b39-38+/t20-,25+/m1/s1. The number of amides is 6. The predicted octanol–water partition coefficient (Wildman–Crippen LogP) is 1.01. The van der Waals surface area contributed by atoms with Crippen LogP contribution in [0.25, 0.3) is 0 Å². The van der Waals surface area contributed by atoms with Crippen LogP contribution in [-0.2, 0) is 43.1 Å². The molecule has 0 aliphatic carbocycles. The molecule has 0 saturated carbocycles. The van der Waals surface area contributed by atoms with E-state index in [9.17, 15) is 38.4 Å². The molecule has 258 valence electrons. The summed E-state index contributed by atoms with van der Waals surface area (Å²) in [5.74, 6) is -4.24. The zero-order chi connectivity index (χ0) is 35.8. The van der Waals surface area contributed by atoms with Crippen LogP contribution in [0.4, 0.5) is 22.7 Å². The molecule has 17 heteroatoms. The van der Waals surface area contributed by atoms with Crippen LogP contribution in [0.15, 0.2) is 70.9 Å². The lowest BCUT2D eigenvalue weighted by molar-refractivity contribution is -0.142. The summed E-state index contributed by atoms with van der Waals surface area (Å²) in [4.78, 5) is 95.1. The van der Waals surface area contributed by atoms with Gasteiger partial charge < -0.3 is 36.5 Å². The van der Waals surface area contributed by atoms with Gasteiger partial charge in [-0.15, -0.1) is 0 Å². The maximum Gasteiger partial charge on any atom is 0.322 e. The SMILES string of the molecule is COC(=O)[C@@H](N)C[C@H](C=O)CCCC(=O)NCC(=O)NCC(=O)Nc1ccc(/N=N/c2ccc(NC(=O)CN3C(=O)C=CC3=O)cc2)cc1. The number of azo groups is 1. The molecule has 0 radical (unpaired) electrons. The Morgan fingerprint density at radius 1 is 0.796 bits per heavy atom. The first kappa shape index (κ1) is 37.4. The van der Waals surface area contributed by atoms with E-state index >= 15 is 0 Å². The molecular weight excluding hydrogens is 640 g/mol. The van der Waals surface area contributed by atoms with Crippen LogP contribution in [0, 0.1) is 5.92 Å². The third-order valence-electron chi connectivity index (χ3n) is 6.91. The fourth-order valence-electron chi connectivity index (χ4n) is 4.32. The lowest BCUT2D eigenvalue weighted by Crippen LogP contribution is -2.40. The van der Waals surface area contributed by atoms with Crippen LogP contribution < -0.4 is 27.0 Å². The van der Waals surface area contributed by atoms with Crippen molar-refractivity contribution in [3.05, 3.63) is 60.7 Å². The van der Waals surface area contributed by atoms with Crippen molar-refractivity contribution < 1.29 is 43.1 Å². The molecule has 0 unspecified atom stereocenters. The van der Waals surface area contributed by atoms with Gasteiger partial charge in [0.05, 0.1) is 31.6 Å². The highest BCUT2D eigenvalue weighted by atomic mass is 16.5. The Balaban J connectivity index is 1.32. The van der Waals surface area contributed by atoms with E-state index in [-0.39, 0.29) is 25.9 Å². The molecule has 6 N–H and O–H groups in total. The first-order valence-electron chi connectivity index (χ1n) is 15.0. The van der Waals surface area contributed by atoms with Crippen LogP contribution in [0.5, 0.6) is 0 Å². The molecule has 1 aliphatic rings. The van der Waals surface area contributed by atoms with Crippen molar-refractivity contribution in [2.75, 3.05) is 37.4 Å². The van der Waals surface area contributed by atoms with Gasteiger partial charge in [0, 0.05) is 35.9 Å². The summed E-state index contributed by atoms with van der Waals surface area (Å²) >= 11 is 0. The average molecular weight is 677 g/mol. The van der Waals surface area contributed by atoms with Crippen molar-refractivity contribution in [2.24, 2.45) is 21.9 Å². The minimum absolute atomic E-state index is 0.0557. The Hall–Kier alpha value is -6.10. The number of nitrogens with two attached hydrogens (primary N) is 1. The van der Waals surface area contributed by atoms with E-state index in [0.29, 0.717) is 41.9 Å². The molecular formula is C32H36N8O9. The van der Waals surface area contributed by atoms with Crippen molar-refractivity contribution >= 4 is 70.4 Å². The Morgan fingerprint density at radius 2 is 1.31 bits per heavy atom. The third-order valence-corrected chi connectivity index (χ3v) is 6.91. The maximum absolute atomic E-state index is 12.2. The number of nitrogens with one attached hydrogen (secondary N) is 4. The first-order chi connectivity index (χ1) is 23.5. The number of methoxy groups -OCH3 is 1. The minimum atomic E-state index is -0.928. The number of nitrogens with zero attached hydrogens (tertiary/aromatic N) is 3. The van der Waals surface area contributed by atoms with E-state index in [4.69, 9.17) is 5.73 Å². The second kappa shape index (κ2) is 18.9. The van der Waals surface area contributed by atoms with E-state index in [2.05, 4.69) is 36.2 Å². The number of anilines is 2. The molecule has 0 saturated heterocycles. The Kier molecular flexibility index (Phi) is 14.4. The third kappa shape index (κ3) is 12.9. The van der Waals surface area contributed by atoms with Crippen LogP contribution in [0.3, 0.4) is 0 Å². The Morgan fingerprint density at radius 3 is 1.84 bits per heavy atom. The van der Waals surface area contributed by atoms with Crippen LogP contribution >= 0.6 is 0 Å². The number of hydrogen-bond donors (Lipinski definition) is 5. The highest BCUT2D eigenvalue weighted by Gasteiger charge is 2.25. The van der Waals surface area contributed by atoms with Crippen LogP contribution in [0.2, 0.25) is 0 Å². The number of ether oxygens (including phenoxy) is 1. The molecule has 6 amide bonds. The molecule has 0 fully saturated rings. The predicted molar refractivity (Wildman–Crippen MR) is 174 cm³/mol. The molecule has 1 heterocycles. The summed E-state index contributed by atoms with van der Waals surface area (Å²) in [6.07, 6.45) is 3.73. The molecule has 1 aliphatic heterocycles. The zero-order valence-electron chi connectivity index (χ0n) is 26.5. The van der Waals surface area contributed by atoms with E-state index in [1.165, 1.54) is 7.11 Å². The van der Waals surface area contributed by atoms with Gasteiger partial charge in [0.25, 0.3) is 11.8 Å². The summed E-state index contributed by atoms with van der Waals surface area (Å²) in [5.41, 5.74) is 7.52. The highest BCUT2D eigenvalue weighted by molar-refractivity contribution is 6.15. The number of benzene rings is 2. The van der Waals surface area contributed by atoms with E-state index < -0.39 is 59.9 Å². The lowest BCUT2D eigenvalue weighted by Gasteiger charge is -2.14. The highest BCUT2D eigenvalue weighted by Crippen LogP contribution is 2.22. The van der Waals surface area contributed by atoms with Crippen molar-refractivity contribution in [3.63, 3.8) is 0 Å². The number of hydrogen-bond acceptors (Lipinski definition) is 12. The molecule has 2 aromatic rings. The number of carbonyl (C=O) groups excluding carboxylic acids is 8. The fraction of sp³-hybridized carbons (Fsp3) is 0.312. The average Bonchev–Trinajstić information content (AvgIpc) is 3.41. The molecule has 2 aromatic carbocycles. The van der Waals surface area contributed by atoms with E-state index in [1.807, 2.05) is 0 Å². The van der Waals surface area contributed by atoms with Gasteiger partial charge in [-0.25, -0.2) is 0 Å². The topological polar surface area (TPSA) is 248 Å².